The molecule has 0 aromatic rings. The molecule has 0 amide bonds. The molecular weight excluding hydrogens is 199 g/mol. The maximum atomic E-state index is 6.26. The van der Waals surface area contributed by atoms with Gasteiger partial charge >= 0.3 is 0 Å². The van der Waals surface area contributed by atoms with Gasteiger partial charge in [0.15, 0.2) is 0 Å². The Morgan fingerprint density at radius 2 is 2.06 bits per heavy atom. The third-order valence-corrected chi connectivity index (χ3v) is 5.17. The van der Waals surface area contributed by atoms with Crippen LogP contribution in [-0.4, -0.2) is 50.0 Å². The first-order valence-electron chi connectivity index (χ1n) is 6.44. The quantitative estimate of drug-likeness (QED) is 0.603. The van der Waals surface area contributed by atoms with E-state index in [4.69, 9.17) is 18.3 Å². The Balaban J connectivity index is 1.83. The number of fused-ring (bicyclic) bond motifs is 1. The van der Waals surface area contributed by atoms with Gasteiger partial charge in [0.1, 0.15) is 0 Å². The van der Waals surface area contributed by atoms with Crippen molar-refractivity contribution in [1.82, 2.24) is 4.90 Å². The Morgan fingerprint density at radius 1 is 1.31 bits per heavy atom. The molecule has 3 aliphatic rings. The van der Waals surface area contributed by atoms with Crippen molar-refractivity contribution < 1.29 is 4.74 Å². The fraction of sp³-hybridized carbons (Fsp3) is 1.00. The molecule has 2 saturated heterocycles. The summed E-state index contributed by atoms with van der Waals surface area (Å²) in [5, 5.41) is 0. The van der Waals surface area contributed by atoms with Crippen LogP contribution in [0.4, 0.5) is 0 Å². The zero-order valence-corrected chi connectivity index (χ0v) is 10.1. The van der Waals surface area contributed by atoms with Crippen molar-refractivity contribution >= 4 is 7.85 Å². The largest absolute Gasteiger partial charge is 0.377 e. The lowest BCUT2D eigenvalue weighted by Crippen LogP contribution is -2.71. The number of rotatable bonds is 0. The van der Waals surface area contributed by atoms with Crippen molar-refractivity contribution in [2.45, 2.75) is 49.1 Å². The second kappa shape index (κ2) is 3.47. The molecule has 2 N–H and O–H groups in total. The molecule has 3 unspecified atom stereocenters. The maximum absolute atomic E-state index is 6.26. The van der Waals surface area contributed by atoms with Crippen LogP contribution in [-0.2, 0) is 4.74 Å². The molecule has 3 fully saturated rings. The van der Waals surface area contributed by atoms with Gasteiger partial charge in [0.25, 0.3) is 0 Å². The zero-order valence-electron chi connectivity index (χ0n) is 10.1. The van der Waals surface area contributed by atoms with Crippen LogP contribution in [0.2, 0.25) is 0 Å². The lowest BCUT2D eigenvalue weighted by atomic mass is 9.55. The van der Waals surface area contributed by atoms with E-state index in [0.29, 0.717) is 17.5 Å². The molecule has 3 rings (SSSR count). The molecule has 3 atom stereocenters. The van der Waals surface area contributed by atoms with Crippen LogP contribution in [0.5, 0.6) is 0 Å². The summed E-state index contributed by atoms with van der Waals surface area (Å²) in [6.45, 7) is 1.80. The molecular formula is C12H21BN2O. The van der Waals surface area contributed by atoms with Gasteiger partial charge in [-0.2, -0.15) is 0 Å². The van der Waals surface area contributed by atoms with Crippen LogP contribution in [0.3, 0.4) is 0 Å². The van der Waals surface area contributed by atoms with Gasteiger partial charge in [-0.15, -0.1) is 0 Å². The molecule has 2 aliphatic heterocycles. The van der Waals surface area contributed by atoms with Crippen LogP contribution in [0, 0.1) is 5.92 Å². The summed E-state index contributed by atoms with van der Waals surface area (Å²) in [6.07, 6.45) is 5.76. The van der Waals surface area contributed by atoms with Gasteiger partial charge in [0.05, 0.1) is 26.6 Å². The summed E-state index contributed by atoms with van der Waals surface area (Å²) in [6, 6.07) is 0.571. The van der Waals surface area contributed by atoms with Crippen LogP contribution < -0.4 is 5.73 Å². The zero-order chi connectivity index (χ0) is 11.4. The molecule has 0 aromatic heterocycles. The van der Waals surface area contributed by atoms with Gasteiger partial charge in [-0.25, -0.2) is 0 Å². The highest BCUT2D eigenvalue weighted by Gasteiger charge is 2.53. The molecule has 2 radical (unpaired) electrons. The third kappa shape index (κ3) is 1.39. The first-order valence-corrected chi connectivity index (χ1v) is 6.44. The highest BCUT2D eigenvalue weighted by Crippen LogP contribution is 2.46. The fourth-order valence-corrected chi connectivity index (χ4v) is 3.92. The molecule has 3 nitrogen and oxygen atoms in total. The summed E-state index contributed by atoms with van der Waals surface area (Å²) < 4.78 is 5.41. The normalized spacial score (nSPS) is 47.4. The van der Waals surface area contributed by atoms with E-state index in [0.717, 1.165) is 26.1 Å². The van der Waals surface area contributed by atoms with Crippen molar-refractivity contribution in [3.05, 3.63) is 0 Å². The number of hydrogen-bond donors (Lipinski definition) is 1. The highest BCUT2D eigenvalue weighted by atomic mass is 16.5. The Labute approximate surface area is 99.1 Å². The van der Waals surface area contributed by atoms with E-state index >= 15 is 0 Å². The molecule has 0 aromatic carbocycles. The Hall–Kier alpha value is -0.0551. The van der Waals surface area contributed by atoms with Crippen LogP contribution in [0.15, 0.2) is 0 Å². The summed E-state index contributed by atoms with van der Waals surface area (Å²) in [7, 11) is 8.50. The molecule has 4 heteroatoms. The molecule has 1 saturated carbocycles. The lowest BCUT2D eigenvalue weighted by molar-refractivity contribution is -0.181. The summed E-state index contributed by atoms with van der Waals surface area (Å²) >= 11 is 0. The average molecular weight is 220 g/mol. The van der Waals surface area contributed by atoms with Crippen LogP contribution in [0.25, 0.3) is 0 Å². The smallest absolute Gasteiger partial charge is 0.0954 e. The minimum absolute atomic E-state index is 0.314. The second-order valence-corrected chi connectivity index (χ2v) is 6.05. The summed E-state index contributed by atoms with van der Waals surface area (Å²) in [4.78, 5) is 2.53. The number of ether oxygens (including phenoxy) is 1. The number of hydrogen-bond acceptors (Lipinski definition) is 3. The number of nitrogens with zero attached hydrogens (tertiary/aromatic N) is 1. The van der Waals surface area contributed by atoms with E-state index in [1.165, 1.54) is 19.3 Å². The Bertz CT molecular complexity index is 291. The minimum atomic E-state index is -0.441. The third-order valence-electron chi connectivity index (χ3n) is 5.17. The van der Waals surface area contributed by atoms with Crippen LogP contribution >= 0.6 is 0 Å². The van der Waals surface area contributed by atoms with Crippen molar-refractivity contribution in [2.75, 3.05) is 20.3 Å². The first-order chi connectivity index (χ1) is 7.55. The second-order valence-electron chi connectivity index (χ2n) is 6.05. The van der Waals surface area contributed by atoms with E-state index < -0.39 is 5.44 Å². The monoisotopic (exact) mass is 220 g/mol. The number of nitrogens with two attached hydrogens (primary N) is 1. The van der Waals surface area contributed by atoms with Crippen molar-refractivity contribution in [1.29, 1.82) is 0 Å². The van der Waals surface area contributed by atoms with Gasteiger partial charge in [-0.1, -0.05) is 6.42 Å². The number of likely N-dealkylation sites (N-methyl/N-ethyl adjacent to an activating group) is 1. The van der Waals surface area contributed by atoms with Crippen molar-refractivity contribution in [3.63, 3.8) is 0 Å². The van der Waals surface area contributed by atoms with E-state index in [9.17, 15) is 0 Å². The predicted molar refractivity (Wildman–Crippen MR) is 64.3 cm³/mol. The predicted octanol–water partition coefficient (Wildman–Crippen LogP) is 0.473. The minimum Gasteiger partial charge on any atom is -0.377 e. The van der Waals surface area contributed by atoms with E-state index in [1.54, 1.807) is 0 Å². The summed E-state index contributed by atoms with van der Waals surface area (Å²) in [5.41, 5.74) is 6.14. The van der Waals surface area contributed by atoms with E-state index in [-0.39, 0.29) is 0 Å². The molecule has 0 bridgehead atoms. The van der Waals surface area contributed by atoms with Gasteiger partial charge < -0.3 is 10.5 Å². The van der Waals surface area contributed by atoms with Gasteiger partial charge in [0, 0.05) is 6.04 Å². The van der Waals surface area contributed by atoms with Gasteiger partial charge in [-0.3, -0.25) is 4.90 Å². The van der Waals surface area contributed by atoms with E-state index in [1.807, 2.05) is 0 Å². The maximum Gasteiger partial charge on any atom is 0.0954 e. The molecule has 1 aliphatic carbocycles. The molecule has 16 heavy (non-hydrogen) atoms. The van der Waals surface area contributed by atoms with Gasteiger partial charge in [0.2, 0.25) is 0 Å². The highest BCUT2D eigenvalue weighted by molar-refractivity contribution is 6.15. The summed E-state index contributed by atoms with van der Waals surface area (Å²) in [5.74, 6) is 0.470. The van der Waals surface area contributed by atoms with Crippen LogP contribution in [0.1, 0.15) is 32.1 Å². The SMILES string of the molecule is [B]C1(N)CCCC2C1CCC1(COC1)N2C. The van der Waals surface area contributed by atoms with Crippen molar-refractivity contribution in [3.8, 4) is 0 Å². The molecule has 88 valence electrons. The first kappa shape index (κ1) is 11.1. The average Bonchev–Trinajstić information content (AvgIpc) is 2.16. The van der Waals surface area contributed by atoms with Gasteiger partial charge in [-0.05, 0) is 44.1 Å². The van der Waals surface area contributed by atoms with Crippen molar-refractivity contribution in [2.24, 2.45) is 11.7 Å². The Morgan fingerprint density at radius 3 is 2.69 bits per heavy atom. The Kier molecular flexibility index (Phi) is 2.40. The topological polar surface area (TPSA) is 38.5 Å². The molecule has 2 heterocycles. The number of piperidine rings is 1. The fourth-order valence-electron chi connectivity index (χ4n) is 3.92. The molecule has 1 spiro atoms. The standard InChI is InChI=1S/C12H21BN2O/c1-15-10-3-2-5-12(13,14)9(10)4-6-11(15)7-16-8-11/h9-10H,2-8,14H2,1H3. The number of likely N-dealkylation sites (tertiary alicyclic amines) is 1. The lowest BCUT2D eigenvalue weighted by Gasteiger charge is -2.61. The van der Waals surface area contributed by atoms with E-state index in [2.05, 4.69) is 11.9 Å².